The Morgan fingerprint density at radius 2 is 2.18 bits per heavy atom. The van der Waals surface area contributed by atoms with Crippen molar-refractivity contribution < 1.29 is 0 Å². The van der Waals surface area contributed by atoms with Gasteiger partial charge in [-0.15, -0.1) is 0 Å². The van der Waals surface area contributed by atoms with E-state index in [9.17, 15) is 0 Å². The predicted octanol–water partition coefficient (Wildman–Crippen LogP) is 3.64. The van der Waals surface area contributed by atoms with Gasteiger partial charge in [-0.05, 0) is 37.5 Å². The summed E-state index contributed by atoms with van der Waals surface area (Å²) in [6.45, 7) is 3.18. The Morgan fingerprint density at radius 3 is 2.94 bits per heavy atom. The fourth-order valence-electron chi connectivity index (χ4n) is 2.01. The van der Waals surface area contributed by atoms with Gasteiger partial charge in [-0.1, -0.05) is 28.1 Å². The summed E-state index contributed by atoms with van der Waals surface area (Å²) in [7, 11) is 0. The molecule has 17 heavy (non-hydrogen) atoms. The SMILES string of the molecule is CC1(NCc2ccc(Br)c3cccnc23)CC1. The van der Waals surface area contributed by atoms with Crippen LogP contribution in [0.15, 0.2) is 34.9 Å². The van der Waals surface area contributed by atoms with E-state index in [1.807, 2.05) is 12.3 Å². The Kier molecular flexibility index (Phi) is 2.68. The minimum absolute atomic E-state index is 0.369. The van der Waals surface area contributed by atoms with Crippen LogP contribution >= 0.6 is 15.9 Å². The average molecular weight is 291 g/mol. The molecule has 88 valence electrons. The van der Waals surface area contributed by atoms with Crippen LogP contribution in [0.4, 0.5) is 0 Å². The van der Waals surface area contributed by atoms with E-state index in [1.165, 1.54) is 23.8 Å². The monoisotopic (exact) mass is 290 g/mol. The van der Waals surface area contributed by atoms with Gasteiger partial charge in [0.15, 0.2) is 0 Å². The van der Waals surface area contributed by atoms with Gasteiger partial charge in [-0.2, -0.15) is 0 Å². The number of aromatic nitrogens is 1. The third kappa shape index (κ3) is 2.22. The number of nitrogens with zero attached hydrogens (tertiary/aromatic N) is 1. The van der Waals surface area contributed by atoms with Gasteiger partial charge < -0.3 is 5.32 Å². The largest absolute Gasteiger partial charge is 0.307 e. The zero-order valence-electron chi connectivity index (χ0n) is 9.83. The molecule has 1 aromatic heterocycles. The molecule has 0 bridgehead atoms. The average Bonchev–Trinajstić information content (AvgIpc) is 3.08. The Bertz CT molecular complexity index is 561. The molecule has 1 aliphatic carbocycles. The second-order valence-electron chi connectivity index (χ2n) is 5.02. The molecule has 1 fully saturated rings. The lowest BCUT2D eigenvalue weighted by Gasteiger charge is -2.13. The Labute approximate surface area is 110 Å². The fraction of sp³-hybridized carbons (Fsp3) is 0.357. The van der Waals surface area contributed by atoms with E-state index in [4.69, 9.17) is 0 Å². The minimum atomic E-state index is 0.369. The van der Waals surface area contributed by atoms with E-state index in [2.05, 4.69) is 51.4 Å². The van der Waals surface area contributed by atoms with Crippen LogP contribution in [0, 0.1) is 0 Å². The van der Waals surface area contributed by atoms with Crippen molar-refractivity contribution in [1.29, 1.82) is 0 Å². The molecular formula is C14H15BrN2. The van der Waals surface area contributed by atoms with Gasteiger partial charge >= 0.3 is 0 Å². The molecule has 3 heteroatoms. The molecule has 0 unspecified atom stereocenters. The summed E-state index contributed by atoms with van der Waals surface area (Å²) in [5.74, 6) is 0. The smallest absolute Gasteiger partial charge is 0.0758 e. The summed E-state index contributed by atoms with van der Waals surface area (Å²) in [6.07, 6.45) is 4.43. The molecule has 1 N–H and O–H groups in total. The van der Waals surface area contributed by atoms with E-state index < -0.39 is 0 Å². The molecule has 0 spiro atoms. The zero-order valence-corrected chi connectivity index (χ0v) is 11.4. The maximum atomic E-state index is 4.49. The summed E-state index contributed by atoms with van der Waals surface area (Å²) < 4.78 is 1.11. The topological polar surface area (TPSA) is 24.9 Å². The quantitative estimate of drug-likeness (QED) is 0.934. The van der Waals surface area contributed by atoms with Crippen molar-refractivity contribution in [2.24, 2.45) is 0 Å². The van der Waals surface area contributed by atoms with Crippen molar-refractivity contribution in [3.05, 3.63) is 40.5 Å². The van der Waals surface area contributed by atoms with Crippen molar-refractivity contribution in [3.63, 3.8) is 0 Å². The molecule has 0 radical (unpaired) electrons. The first-order valence-electron chi connectivity index (χ1n) is 5.95. The van der Waals surface area contributed by atoms with Crippen LogP contribution in [0.5, 0.6) is 0 Å². The number of hydrogen-bond acceptors (Lipinski definition) is 2. The highest BCUT2D eigenvalue weighted by molar-refractivity contribution is 9.10. The van der Waals surface area contributed by atoms with Gasteiger partial charge in [0.25, 0.3) is 0 Å². The maximum absolute atomic E-state index is 4.49. The second-order valence-corrected chi connectivity index (χ2v) is 5.87. The van der Waals surface area contributed by atoms with E-state index >= 15 is 0 Å². The highest BCUT2D eigenvalue weighted by atomic mass is 79.9. The van der Waals surface area contributed by atoms with Crippen LogP contribution in [0.25, 0.3) is 10.9 Å². The van der Waals surface area contributed by atoms with Crippen LogP contribution < -0.4 is 5.32 Å². The lowest BCUT2D eigenvalue weighted by atomic mass is 10.1. The lowest BCUT2D eigenvalue weighted by Crippen LogP contribution is -2.27. The van der Waals surface area contributed by atoms with E-state index in [0.717, 1.165) is 16.5 Å². The standard InChI is InChI=1S/C14H15BrN2/c1-14(6-7-14)17-9-10-4-5-12(15)11-3-2-8-16-13(10)11/h2-5,8,17H,6-7,9H2,1H3. The number of halogens is 1. The minimum Gasteiger partial charge on any atom is -0.307 e. The molecule has 0 amide bonds. The molecule has 0 aliphatic heterocycles. The molecule has 0 atom stereocenters. The molecule has 2 aromatic rings. The summed E-state index contributed by atoms with van der Waals surface area (Å²) >= 11 is 3.57. The van der Waals surface area contributed by atoms with Crippen LogP contribution in [0.1, 0.15) is 25.3 Å². The van der Waals surface area contributed by atoms with E-state index in [-0.39, 0.29) is 0 Å². The Morgan fingerprint density at radius 1 is 1.35 bits per heavy atom. The Hall–Kier alpha value is -0.930. The Balaban J connectivity index is 1.96. The summed E-state index contributed by atoms with van der Waals surface area (Å²) in [6, 6.07) is 8.34. The molecule has 1 aliphatic rings. The van der Waals surface area contributed by atoms with Crippen LogP contribution in [-0.4, -0.2) is 10.5 Å². The van der Waals surface area contributed by atoms with Gasteiger partial charge in [0.05, 0.1) is 5.52 Å². The second kappa shape index (κ2) is 4.07. The highest BCUT2D eigenvalue weighted by Crippen LogP contribution is 2.35. The van der Waals surface area contributed by atoms with Crippen LogP contribution in [-0.2, 0) is 6.54 Å². The predicted molar refractivity (Wildman–Crippen MR) is 73.9 cm³/mol. The van der Waals surface area contributed by atoms with Crippen LogP contribution in [0.3, 0.4) is 0 Å². The summed E-state index contributed by atoms with van der Waals surface area (Å²) in [4.78, 5) is 4.49. The third-order valence-electron chi connectivity index (χ3n) is 3.51. The molecule has 1 aromatic carbocycles. The maximum Gasteiger partial charge on any atom is 0.0758 e. The molecule has 1 saturated carbocycles. The van der Waals surface area contributed by atoms with Gasteiger partial charge in [-0.25, -0.2) is 0 Å². The zero-order chi connectivity index (χ0) is 11.9. The van der Waals surface area contributed by atoms with Gasteiger partial charge in [-0.3, -0.25) is 4.98 Å². The third-order valence-corrected chi connectivity index (χ3v) is 4.20. The first-order valence-corrected chi connectivity index (χ1v) is 6.74. The highest BCUT2D eigenvalue weighted by Gasteiger charge is 2.36. The van der Waals surface area contributed by atoms with E-state index in [1.54, 1.807) is 0 Å². The number of pyridine rings is 1. The van der Waals surface area contributed by atoms with Crippen molar-refractivity contribution in [3.8, 4) is 0 Å². The van der Waals surface area contributed by atoms with Crippen molar-refractivity contribution in [1.82, 2.24) is 10.3 Å². The number of nitrogens with one attached hydrogen (secondary N) is 1. The molecule has 3 rings (SSSR count). The summed E-state index contributed by atoms with van der Waals surface area (Å²) in [5, 5.41) is 4.79. The lowest BCUT2D eigenvalue weighted by molar-refractivity contribution is 0.539. The number of fused-ring (bicyclic) bond motifs is 1. The van der Waals surface area contributed by atoms with Crippen molar-refractivity contribution >= 4 is 26.8 Å². The summed E-state index contributed by atoms with van der Waals surface area (Å²) in [5.41, 5.74) is 2.74. The molecular weight excluding hydrogens is 276 g/mol. The normalized spacial score (nSPS) is 17.3. The number of benzene rings is 1. The fourth-order valence-corrected chi connectivity index (χ4v) is 2.46. The molecule has 2 nitrogen and oxygen atoms in total. The van der Waals surface area contributed by atoms with Crippen LogP contribution in [0.2, 0.25) is 0 Å². The van der Waals surface area contributed by atoms with Gasteiger partial charge in [0, 0.05) is 28.1 Å². The first-order chi connectivity index (χ1) is 8.18. The molecule has 0 saturated heterocycles. The van der Waals surface area contributed by atoms with Gasteiger partial charge in [0.1, 0.15) is 0 Å². The van der Waals surface area contributed by atoms with Crippen molar-refractivity contribution in [2.45, 2.75) is 31.8 Å². The van der Waals surface area contributed by atoms with E-state index in [0.29, 0.717) is 5.54 Å². The molecule has 1 heterocycles. The number of rotatable bonds is 3. The van der Waals surface area contributed by atoms with Gasteiger partial charge in [0.2, 0.25) is 0 Å². The van der Waals surface area contributed by atoms with Crippen molar-refractivity contribution in [2.75, 3.05) is 0 Å². The number of hydrogen-bond donors (Lipinski definition) is 1. The first kappa shape index (κ1) is 11.2.